The Kier molecular flexibility index (Phi) is 6.21. The summed E-state index contributed by atoms with van der Waals surface area (Å²) >= 11 is 0. The van der Waals surface area contributed by atoms with Gasteiger partial charge in [-0.2, -0.15) is 0 Å². The van der Waals surface area contributed by atoms with E-state index in [1.807, 2.05) is 26.8 Å². The van der Waals surface area contributed by atoms with Crippen LogP contribution in [0, 0.1) is 25.7 Å². The number of aryl methyl sites for hydroxylation is 2. The smallest absolute Gasteiger partial charge is 0.226 e. The van der Waals surface area contributed by atoms with Gasteiger partial charge in [-0.1, -0.05) is 26.0 Å². The predicted octanol–water partition coefficient (Wildman–Crippen LogP) is 4.27. The zero-order valence-electron chi connectivity index (χ0n) is 20.7. The van der Waals surface area contributed by atoms with Crippen LogP contribution in [0.3, 0.4) is 0 Å². The van der Waals surface area contributed by atoms with Crippen LogP contribution in [0.15, 0.2) is 36.4 Å². The summed E-state index contributed by atoms with van der Waals surface area (Å²) in [7, 11) is 0. The number of β-amino-alcohol motifs (C(OH)–C–C–N with tert-alkyl or cyclic N) is 1. The molecule has 180 valence electrons. The number of carbonyl (C=O) groups is 1. The maximum Gasteiger partial charge on any atom is 0.226 e. The second-order valence-corrected chi connectivity index (χ2v) is 10.6. The Morgan fingerprint density at radius 2 is 1.94 bits per heavy atom. The molecule has 3 atom stereocenters. The predicted molar refractivity (Wildman–Crippen MR) is 136 cm³/mol. The average molecular weight is 461 g/mol. The molecule has 1 saturated heterocycles. The lowest BCUT2D eigenvalue weighted by molar-refractivity contribution is -0.118. The van der Waals surface area contributed by atoms with Gasteiger partial charge in [-0.05, 0) is 80.0 Å². The number of benzene rings is 2. The third-order valence-corrected chi connectivity index (χ3v) is 7.52. The first-order valence-electron chi connectivity index (χ1n) is 12.6. The molecule has 2 aromatic carbocycles. The first-order valence-corrected chi connectivity index (χ1v) is 12.6. The summed E-state index contributed by atoms with van der Waals surface area (Å²) in [5.41, 5.74) is 6.97. The van der Waals surface area contributed by atoms with Gasteiger partial charge in [0.1, 0.15) is 5.82 Å². The molecule has 2 unspecified atom stereocenters. The summed E-state index contributed by atoms with van der Waals surface area (Å²) in [6.45, 7) is 10.6. The van der Waals surface area contributed by atoms with Gasteiger partial charge >= 0.3 is 0 Å². The number of amides is 1. The molecule has 1 aliphatic carbocycles. The van der Waals surface area contributed by atoms with E-state index in [0.717, 1.165) is 54.9 Å². The summed E-state index contributed by atoms with van der Waals surface area (Å²) in [5, 5.41) is 14.2. The fourth-order valence-electron chi connectivity index (χ4n) is 5.77. The molecular formula is C28H36N4O2. The molecule has 2 N–H and O–H groups in total. The highest BCUT2D eigenvalue weighted by molar-refractivity contribution is 5.92. The summed E-state index contributed by atoms with van der Waals surface area (Å²) in [6, 6.07) is 12.8. The second-order valence-electron chi connectivity index (χ2n) is 10.6. The summed E-state index contributed by atoms with van der Waals surface area (Å²) in [6.07, 6.45) is 2.61. The van der Waals surface area contributed by atoms with Gasteiger partial charge in [0, 0.05) is 31.2 Å². The normalized spacial score (nSPS) is 22.9. The first kappa shape index (κ1) is 23.1. The van der Waals surface area contributed by atoms with Crippen LogP contribution in [0.2, 0.25) is 0 Å². The Bertz CT molecular complexity index is 1210. The number of likely N-dealkylation sites (tertiary alicyclic amines) is 1. The van der Waals surface area contributed by atoms with Crippen molar-refractivity contribution in [3.8, 4) is 0 Å². The maximum absolute atomic E-state index is 12.0. The fourth-order valence-corrected chi connectivity index (χ4v) is 5.77. The molecule has 1 aliphatic heterocycles. The van der Waals surface area contributed by atoms with Crippen molar-refractivity contribution in [1.82, 2.24) is 14.5 Å². The molecule has 6 nitrogen and oxygen atoms in total. The van der Waals surface area contributed by atoms with Gasteiger partial charge in [0.05, 0.1) is 23.2 Å². The molecule has 6 heteroatoms. The number of hydrogen-bond donors (Lipinski definition) is 2. The Morgan fingerprint density at radius 1 is 1.15 bits per heavy atom. The van der Waals surface area contributed by atoms with Crippen molar-refractivity contribution < 1.29 is 9.90 Å². The Hall–Kier alpha value is -2.70. The van der Waals surface area contributed by atoms with Gasteiger partial charge in [-0.3, -0.25) is 4.79 Å². The number of nitrogens with one attached hydrogen (secondary N) is 1. The molecule has 3 aromatic rings. The number of aliphatic hydroxyl groups excluding tert-OH is 1. The number of rotatable bonds is 5. The van der Waals surface area contributed by atoms with E-state index in [4.69, 9.17) is 4.98 Å². The van der Waals surface area contributed by atoms with E-state index in [0.29, 0.717) is 12.5 Å². The minimum Gasteiger partial charge on any atom is -0.390 e. The third-order valence-electron chi connectivity index (χ3n) is 7.52. The van der Waals surface area contributed by atoms with E-state index < -0.39 is 6.10 Å². The van der Waals surface area contributed by atoms with Crippen LogP contribution in [0.1, 0.15) is 48.8 Å². The molecular weight excluding hydrogens is 424 g/mol. The van der Waals surface area contributed by atoms with E-state index in [2.05, 4.69) is 52.0 Å². The van der Waals surface area contributed by atoms with E-state index in [1.165, 1.54) is 16.7 Å². The highest BCUT2D eigenvalue weighted by atomic mass is 16.3. The zero-order valence-corrected chi connectivity index (χ0v) is 20.7. The van der Waals surface area contributed by atoms with Crippen LogP contribution in [0.4, 0.5) is 5.69 Å². The summed E-state index contributed by atoms with van der Waals surface area (Å²) < 4.78 is 2.25. The lowest BCUT2D eigenvalue weighted by Crippen LogP contribution is -2.46. The number of aromatic nitrogens is 2. The fraction of sp³-hybridized carbons (Fsp3) is 0.500. The molecule has 0 radical (unpaired) electrons. The molecule has 34 heavy (non-hydrogen) atoms. The van der Waals surface area contributed by atoms with Crippen LogP contribution in [-0.4, -0.2) is 51.2 Å². The largest absolute Gasteiger partial charge is 0.390 e. The van der Waals surface area contributed by atoms with E-state index in [9.17, 15) is 9.90 Å². The molecule has 2 aliphatic rings. The third kappa shape index (κ3) is 4.49. The van der Waals surface area contributed by atoms with Crippen LogP contribution < -0.4 is 5.32 Å². The molecule has 0 spiro atoms. The number of aliphatic hydroxyl groups is 1. The molecule has 0 bridgehead atoms. The summed E-state index contributed by atoms with van der Waals surface area (Å²) in [4.78, 5) is 19.2. The number of imidazole rings is 1. The topological polar surface area (TPSA) is 70.4 Å². The van der Waals surface area contributed by atoms with E-state index in [-0.39, 0.29) is 17.9 Å². The number of nitrogens with zero attached hydrogens (tertiary/aromatic N) is 3. The number of fused-ring (bicyclic) bond motifs is 2. The van der Waals surface area contributed by atoms with Crippen LogP contribution in [0.25, 0.3) is 11.0 Å². The van der Waals surface area contributed by atoms with Crippen LogP contribution in [0.5, 0.6) is 0 Å². The standard InChI is InChI=1S/C28H36N4O2/c1-17(2)28(34)30-23-7-6-21-12-20(13-22(21)14-23)15-31-10-9-26(27(33)16-31)32-19(4)29-24-11-18(3)5-8-25(24)32/h5-8,11,14,17,20,26-27,33H,9-10,12-13,15-16H2,1-4H3,(H,30,34)/t20?,26?,27-/m1/s1. The van der Waals surface area contributed by atoms with Crippen molar-refractivity contribution in [1.29, 1.82) is 0 Å². The monoisotopic (exact) mass is 460 g/mol. The molecule has 1 amide bonds. The minimum absolute atomic E-state index is 0.0245. The SMILES string of the molecule is Cc1ccc2c(c1)nc(C)n2C1CCN(CC2Cc3ccc(NC(=O)C(C)C)cc3C2)C[C@H]1O. The molecule has 1 fully saturated rings. The van der Waals surface area contributed by atoms with Gasteiger partial charge in [-0.15, -0.1) is 0 Å². The number of carbonyl (C=O) groups excluding carboxylic acids is 1. The summed E-state index contributed by atoms with van der Waals surface area (Å²) in [5.74, 6) is 1.56. The number of piperidine rings is 1. The highest BCUT2D eigenvalue weighted by Gasteiger charge is 2.33. The molecule has 2 heterocycles. The van der Waals surface area contributed by atoms with Crippen molar-refractivity contribution in [2.24, 2.45) is 11.8 Å². The van der Waals surface area contributed by atoms with E-state index in [1.54, 1.807) is 0 Å². The molecule has 5 rings (SSSR count). The van der Waals surface area contributed by atoms with Crippen molar-refractivity contribution in [3.63, 3.8) is 0 Å². The maximum atomic E-state index is 12.0. The van der Waals surface area contributed by atoms with Crippen LogP contribution in [-0.2, 0) is 17.6 Å². The molecule has 0 saturated carbocycles. The van der Waals surface area contributed by atoms with Gasteiger partial charge in [0.25, 0.3) is 0 Å². The number of hydrogen-bond acceptors (Lipinski definition) is 4. The second kappa shape index (κ2) is 9.16. The van der Waals surface area contributed by atoms with Gasteiger partial charge in [-0.25, -0.2) is 4.98 Å². The van der Waals surface area contributed by atoms with Gasteiger partial charge < -0.3 is 19.9 Å². The lowest BCUT2D eigenvalue weighted by Gasteiger charge is -2.38. The molecule has 1 aromatic heterocycles. The Morgan fingerprint density at radius 3 is 2.71 bits per heavy atom. The highest BCUT2D eigenvalue weighted by Crippen LogP contribution is 2.33. The zero-order chi connectivity index (χ0) is 24.0. The van der Waals surface area contributed by atoms with Crippen molar-refractivity contribution >= 4 is 22.6 Å². The van der Waals surface area contributed by atoms with Crippen molar-refractivity contribution in [2.45, 2.75) is 59.1 Å². The van der Waals surface area contributed by atoms with Gasteiger partial charge in [0.2, 0.25) is 5.91 Å². The Balaban J connectivity index is 1.22. The number of anilines is 1. The van der Waals surface area contributed by atoms with Crippen molar-refractivity contribution in [3.05, 3.63) is 58.9 Å². The van der Waals surface area contributed by atoms with Gasteiger partial charge in [0.15, 0.2) is 0 Å². The average Bonchev–Trinajstić information content (AvgIpc) is 3.32. The van der Waals surface area contributed by atoms with Crippen LogP contribution >= 0.6 is 0 Å². The minimum atomic E-state index is -0.409. The van der Waals surface area contributed by atoms with Crippen molar-refractivity contribution in [2.75, 3.05) is 25.0 Å². The lowest BCUT2D eigenvalue weighted by atomic mass is 9.98. The Labute approximate surface area is 202 Å². The van der Waals surface area contributed by atoms with E-state index >= 15 is 0 Å². The first-order chi connectivity index (χ1) is 16.3. The quantitative estimate of drug-likeness (QED) is 0.597.